The molecule has 0 spiro atoms. The van der Waals surface area contributed by atoms with Gasteiger partial charge in [-0.15, -0.1) is 0 Å². The largest absolute Gasteiger partial charge is 0.303 e. The highest BCUT2D eigenvalue weighted by Crippen LogP contribution is 2.09. The highest BCUT2D eigenvalue weighted by molar-refractivity contribution is 8.13. The lowest BCUT2D eigenvalue weighted by molar-refractivity contribution is -0.110. The normalized spacial score (nSPS) is 12.6. The molecule has 0 bridgehead atoms. The van der Waals surface area contributed by atoms with Gasteiger partial charge in [0.2, 0.25) is 0 Å². The van der Waals surface area contributed by atoms with E-state index >= 15 is 0 Å². The minimum atomic E-state index is 0.0499. The van der Waals surface area contributed by atoms with Gasteiger partial charge in [0.1, 0.15) is 6.29 Å². The van der Waals surface area contributed by atoms with Crippen molar-refractivity contribution in [3.05, 3.63) is 0 Å². The summed E-state index contributed by atoms with van der Waals surface area (Å²) in [6.07, 6.45) is 1.74. The lowest BCUT2D eigenvalue weighted by Crippen LogP contribution is -2.04. The molecule has 0 saturated carbocycles. The summed E-state index contributed by atoms with van der Waals surface area (Å²) in [7, 11) is 0. The maximum atomic E-state index is 10.4. The average Bonchev–Trinajstić information content (AvgIpc) is 1.90. The van der Waals surface area contributed by atoms with Crippen LogP contribution >= 0.6 is 11.8 Å². The van der Waals surface area contributed by atoms with Gasteiger partial charge in [0, 0.05) is 18.6 Å². The Balaban J connectivity index is 3.44. The zero-order valence-corrected chi connectivity index (χ0v) is 7.11. The maximum absolute atomic E-state index is 10.4. The molecule has 0 amide bonds. The molecule has 0 radical (unpaired) electrons. The smallest absolute Gasteiger partial charge is 0.185 e. The summed E-state index contributed by atoms with van der Waals surface area (Å²) in [4.78, 5) is 20.7. The summed E-state index contributed by atoms with van der Waals surface area (Å²) in [6.45, 7) is 3.46. The minimum Gasteiger partial charge on any atom is -0.303 e. The van der Waals surface area contributed by atoms with E-state index in [1.165, 1.54) is 18.7 Å². The molecule has 0 aromatic rings. The second-order valence-corrected chi connectivity index (χ2v) is 3.30. The van der Waals surface area contributed by atoms with E-state index in [9.17, 15) is 9.59 Å². The van der Waals surface area contributed by atoms with Gasteiger partial charge < -0.3 is 4.79 Å². The molecule has 10 heavy (non-hydrogen) atoms. The van der Waals surface area contributed by atoms with Gasteiger partial charge in [0.15, 0.2) is 5.12 Å². The lowest BCUT2D eigenvalue weighted by Gasteiger charge is -2.02. The molecule has 0 aromatic carbocycles. The molecule has 0 N–H and O–H groups in total. The summed E-state index contributed by atoms with van der Waals surface area (Å²) >= 11 is 1.22. The molecule has 0 aromatic heterocycles. The van der Waals surface area contributed by atoms with Gasteiger partial charge in [-0.2, -0.15) is 0 Å². The number of thioether (sulfide) groups is 1. The molecule has 0 aliphatic carbocycles. The number of rotatable bonds is 4. The molecule has 58 valence electrons. The SMILES string of the molecule is CCC(C=O)CSC(C)=O. The Bertz CT molecular complexity index is 123. The van der Waals surface area contributed by atoms with Crippen molar-refractivity contribution in [2.24, 2.45) is 5.92 Å². The van der Waals surface area contributed by atoms with E-state index in [0.717, 1.165) is 12.7 Å². The predicted molar refractivity (Wildman–Crippen MR) is 43.0 cm³/mol. The summed E-state index contributed by atoms with van der Waals surface area (Å²) in [5.74, 6) is 0.684. The van der Waals surface area contributed by atoms with Crippen LogP contribution in [-0.2, 0) is 9.59 Å². The lowest BCUT2D eigenvalue weighted by atomic mass is 10.1. The van der Waals surface area contributed by atoms with Crippen molar-refractivity contribution in [1.29, 1.82) is 0 Å². The third-order valence-electron chi connectivity index (χ3n) is 1.22. The van der Waals surface area contributed by atoms with E-state index in [0.29, 0.717) is 5.75 Å². The molecule has 2 nitrogen and oxygen atoms in total. The number of hydrogen-bond donors (Lipinski definition) is 0. The van der Waals surface area contributed by atoms with Gasteiger partial charge >= 0.3 is 0 Å². The zero-order valence-electron chi connectivity index (χ0n) is 6.29. The Morgan fingerprint density at radius 3 is 2.60 bits per heavy atom. The molecule has 0 saturated heterocycles. The van der Waals surface area contributed by atoms with Crippen LogP contribution < -0.4 is 0 Å². The first-order chi connectivity index (χ1) is 4.70. The predicted octanol–water partition coefficient (Wildman–Crippen LogP) is 1.49. The molecular weight excluding hydrogens is 148 g/mol. The Hall–Kier alpha value is -0.310. The summed E-state index contributed by atoms with van der Waals surface area (Å²) in [5.41, 5.74) is 0. The van der Waals surface area contributed by atoms with Crippen LogP contribution in [0.5, 0.6) is 0 Å². The van der Waals surface area contributed by atoms with Crippen LogP contribution in [0.3, 0.4) is 0 Å². The zero-order chi connectivity index (χ0) is 7.98. The van der Waals surface area contributed by atoms with Gasteiger partial charge in [0.05, 0.1) is 0 Å². The highest BCUT2D eigenvalue weighted by atomic mass is 32.2. The molecule has 0 fully saturated rings. The van der Waals surface area contributed by atoms with E-state index in [4.69, 9.17) is 0 Å². The average molecular weight is 160 g/mol. The summed E-state index contributed by atoms with van der Waals surface area (Å²) in [5, 5.41) is 0.0836. The third-order valence-corrected chi connectivity index (χ3v) is 2.22. The molecular formula is C7H12O2S. The second-order valence-electron chi connectivity index (χ2n) is 2.11. The quantitative estimate of drug-likeness (QED) is 0.584. The third kappa shape index (κ3) is 4.56. The molecule has 1 atom stereocenters. The summed E-state index contributed by atoms with van der Waals surface area (Å²) < 4.78 is 0. The Morgan fingerprint density at radius 2 is 2.30 bits per heavy atom. The van der Waals surface area contributed by atoms with Crippen molar-refractivity contribution in [2.45, 2.75) is 20.3 Å². The van der Waals surface area contributed by atoms with Gasteiger partial charge in [-0.05, 0) is 6.42 Å². The van der Waals surface area contributed by atoms with Gasteiger partial charge in [-0.25, -0.2) is 0 Å². The van der Waals surface area contributed by atoms with Crippen molar-refractivity contribution in [2.75, 3.05) is 5.75 Å². The van der Waals surface area contributed by atoms with E-state index in [-0.39, 0.29) is 11.0 Å². The van der Waals surface area contributed by atoms with Crippen LogP contribution in [0.4, 0.5) is 0 Å². The van der Waals surface area contributed by atoms with Crippen molar-refractivity contribution >= 4 is 23.2 Å². The number of carbonyl (C=O) groups excluding carboxylic acids is 2. The minimum absolute atomic E-state index is 0.0499. The molecule has 0 aliphatic rings. The van der Waals surface area contributed by atoms with E-state index in [1.54, 1.807) is 0 Å². The molecule has 0 aliphatic heterocycles. The van der Waals surface area contributed by atoms with Crippen LogP contribution in [0.2, 0.25) is 0 Å². The number of hydrogen-bond acceptors (Lipinski definition) is 3. The molecule has 3 heteroatoms. The van der Waals surface area contributed by atoms with Crippen LogP contribution in [0.25, 0.3) is 0 Å². The van der Waals surface area contributed by atoms with Crippen LogP contribution in [0.15, 0.2) is 0 Å². The van der Waals surface area contributed by atoms with Crippen LogP contribution in [-0.4, -0.2) is 17.2 Å². The van der Waals surface area contributed by atoms with Crippen molar-refractivity contribution in [3.8, 4) is 0 Å². The monoisotopic (exact) mass is 160 g/mol. The van der Waals surface area contributed by atoms with E-state index in [1.807, 2.05) is 6.92 Å². The molecule has 1 unspecified atom stereocenters. The maximum Gasteiger partial charge on any atom is 0.185 e. The Morgan fingerprint density at radius 1 is 1.70 bits per heavy atom. The van der Waals surface area contributed by atoms with Crippen molar-refractivity contribution < 1.29 is 9.59 Å². The molecule has 0 rings (SSSR count). The van der Waals surface area contributed by atoms with Gasteiger partial charge in [-0.1, -0.05) is 18.7 Å². The fraction of sp³-hybridized carbons (Fsp3) is 0.714. The topological polar surface area (TPSA) is 34.1 Å². The van der Waals surface area contributed by atoms with Crippen LogP contribution in [0.1, 0.15) is 20.3 Å². The van der Waals surface area contributed by atoms with Gasteiger partial charge in [-0.3, -0.25) is 4.79 Å². The first-order valence-electron chi connectivity index (χ1n) is 3.29. The second kappa shape index (κ2) is 5.47. The van der Waals surface area contributed by atoms with Gasteiger partial charge in [0.25, 0.3) is 0 Å². The number of aldehydes is 1. The standard InChI is InChI=1S/C7H12O2S/c1-3-7(4-8)5-10-6(2)9/h4,7H,3,5H2,1-2H3. The van der Waals surface area contributed by atoms with Crippen molar-refractivity contribution in [3.63, 3.8) is 0 Å². The fourth-order valence-electron chi connectivity index (χ4n) is 0.478. The molecule has 0 heterocycles. The first kappa shape index (κ1) is 9.69. The highest BCUT2D eigenvalue weighted by Gasteiger charge is 2.05. The fourth-order valence-corrected chi connectivity index (χ4v) is 1.24. The van der Waals surface area contributed by atoms with E-state index in [2.05, 4.69) is 0 Å². The number of carbonyl (C=O) groups is 2. The van der Waals surface area contributed by atoms with Crippen molar-refractivity contribution in [1.82, 2.24) is 0 Å². The van der Waals surface area contributed by atoms with E-state index < -0.39 is 0 Å². The Kier molecular flexibility index (Phi) is 5.30. The summed E-state index contributed by atoms with van der Waals surface area (Å²) in [6, 6.07) is 0. The Labute approximate surface area is 65.4 Å². The van der Waals surface area contributed by atoms with Crippen LogP contribution in [0, 0.1) is 5.92 Å². The first-order valence-corrected chi connectivity index (χ1v) is 4.28.